The Kier molecular flexibility index (Phi) is 5.84. The maximum atomic E-state index is 12.7. The Morgan fingerprint density at radius 2 is 1.79 bits per heavy atom. The molecule has 0 radical (unpaired) electrons. The van der Waals surface area contributed by atoms with E-state index in [4.69, 9.17) is 0 Å². The van der Waals surface area contributed by atoms with E-state index >= 15 is 0 Å². The first kappa shape index (κ1) is 17.8. The quantitative estimate of drug-likeness (QED) is 0.793. The lowest BCUT2D eigenvalue weighted by molar-refractivity contribution is -0.140. The predicted octanol–water partition coefficient (Wildman–Crippen LogP) is 4.42. The van der Waals surface area contributed by atoms with Gasteiger partial charge in [-0.05, 0) is 41.8 Å². The first-order valence-corrected chi connectivity index (χ1v) is 7.44. The third kappa shape index (κ3) is 5.30. The van der Waals surface area contributed by atoms with Gasteiger partial charge >= 0.3 is 12.1 Å². The number of methoxy groups -OCH3 is 1. The Balaban J connectivity index is 1.92. The minimum absolute atomic E-state index is 0.262. The molecule has 0 spiro atoms. The van der Waals surface area contributed by atoms with Crippen LogP contribution in [0, 0.1) is 0 Å². The zero-order valence-corrected chi connectivity index (χ0v) is 13.2. The second-order valence-electron chi connectivity index (χ2n) is 5.32. The van der Waals surface area contributed by atoms with Crippen LogP contribution in [-0.4, -0.2) is 13.1 Å². The number of carbonyl (C=O) groups excluding carboxylic acids is 1. The van der Waals surface area contributed by atoms with Gasteiger partial charge in [0, 0.05) is 18.7 Å². The molecule has 3 nitrogen and oxygen atoms in total. The van der Waals surface area contributed by atoms with Gasteiger partial charge in [0.1, 0.15) is 0 Å². The number of anilines is 1. The van der Waals surface area contributed by atoms with Crippen molar-refractivity contribution < 1.29 is 22.7 Å². The van der Waals surface area contributed by atoms with Gasteiger partial charge in [-0.2, -0.15) is 13.2 Å². The van der Waals surface area contributed by atoms with Gasteiger partial charge in [-0.1, -0.05) is 24.3 Å². The molecule has 0 aliphatic heterocycles. The van der Waals surface area contributed by atoms with Crippen molar-refractivity contribution in [2.75, 3.05) is 12.4 Å². The molecular formula is C18H18F3NO2. The van der Waals surface area contributed by atoms with Crippen LogP contribution in [0.1, 0.15) is 23.1 Å². The molecule has 24 heavy (non-hydrogen) atoms. The van der Waals surface area contributed by atoms with Crippen LogP contribution in [-0.2, 0) is 28.7 Å². The first-order chi connectivity index (χ1) is 11.4. The van der Waals surface area contributed by atoms with Crippen molar-refractivity contribution in [3.8, 4) is 0 Å². The van der Waals surface area contributed by atoms with Gasteiger partial charge in [-0.25, -0.2) is 0 Å². The number of carbonyl (C=O) groups is 1. The Hall–Kier alpha value is -2.50. The number of benzene rings is 2. The molecule has 0 aliphatic carbocycles. The third-order valence-electron chi connectivity index (χ3n) is 3.55. The molecule has 2 aromatic rings. The van der Waals surface area contributed by atoms with Gasteiger partial charge in [-0.3, -0.25) is 4.79 Å². The van der Waals surface area contributed by atoms with Crippen LogP contribution in [0.4, 0.5) is 18.9 Å². The fraction of sp³-hybridized carbons (Fsp3) is 0.278. The van der Waals surface area contributed by atoms with Gasteiger partial charge in [0.2, 0.25) is 0 Å². The highest BCUT2D eigenvalue weighted by atomic mass is 19.4. The Labute approximate surface area is 138 Å². The number of ether oxygens (including phenoxy) is 1. The number of hydrogen-bond donors (Lipinski definition) is 1. The number of nitrogens with one attached hydrogen (secondary N) is 1. The van der Waals surface area contributed by atoms with E-state index in [1.54, 1.807) is 6.07 Å². The van der Waals surface area contributed by atoms with E-state index in [2.05, 4.69) is 10.1 Å². The predicted molar refractivity (Wildman–Crippen MR) is 85.5 cm³/mol. The summed E-state index contributed by atoms with van der Waals surface area (Å²) in [5, 5.41) is 3.08. The summed E-state index contributed by atoms with van der Waals surface area (Å²) in [7, 11) is 1.35. The fourth-order valence-electron chi connectivity index (χ4n) is 2.20. The van der Waals surface area contributed by atoms with Crippen LogP contribution in [0.3, 0.4) is 0 Å². The molecule has 0 unspecified atom stereocenters. The van der Waals surface area contributed by atoms with E-state index in [1.165, 1.54) is 13.2 Å². The molecule has 128 valence electrons. The molecule has 0 bridgehead atoms. The molecule has 2 aromatic carbocycles. The standard InChI is InChI=1S/C18H18F3NO2/c1-24-17(23)10-7-13-5-8-16(9-6-13)22-12-14-3-2-4-15(11-14)18(19,20)21/h2-6,8-9,11,22H,7,10,12H2,1H3. The average Bonchev–Trinajstić information content (AvgIpc) is 2.58. The lowest BCUT2D eigenvalue weighted by atomic mass is 10.1. The fourth-order valence-corrected chi connectivity index (χ4v) is 2.20. The molecule has 2 rings (SSSR count). The van der Waals surface area contributed by atoms with Gasteiger partial charge in [0.05, 0.1) is 12.7 Å². The van der Waals surface area contributed by atoms with Gasteiger partial charge < -0.3 is 10.1 Å². The SMILES string of the molecule is COC(=O)CCc1ccc(NCc2cccc(C(F)(F)F)c2)cc1. The van der Waals surface area contributed by atoms with Crippen LogP contribution in [0.15, 0.2) is 48.5 Å². The highest BCUT2D eigenvalue weighted by Gasteiger charge is 2.30. The molecule has 0 amide bonds. The van der Waals surface area contributed by atoms with Gasteiger partial charge in [0.25, 0.3) is 0 Å². The second-order valence-corrected chi connectivity index (χ2v) is 5.32. The Morgan fingerprint density at radius 3 is 2.42 bits per heavy atom. The zero-order valence-electron chi connectivity index (χ0n) is 13.2. The molecule has 0 aliphatic rings. The second kappa shape index (κ2) is 7.86. The van der Waals surface area contributed by atoms with E-state index in [0.29, 0.717) is 24.9 Å². The number of hydrogen-bond acceptors (Lipinski definition) is 3. The molecule has 6 heteroatoms. The minimum atomic E-state index is -4.34. The maximum absolute atomic E-state index is 12.7. The van der Waals surface area contributed by atoms with Crippen molar-refractivity contribution in [3.63, 3.8) is 0 Å². The third-order valence-corrected chi connectivity index (χ3v) is 3.55. The summed E-state index contributed by atoms with van der Waals surface area (Å²) in [6.07, 6.45) is -3.44. The summed E-state index contributed by atoms with van der Waals surface area (Å²) in [6.45, 7) is 0.297. The van der Waals surface area contributed by atoms with Crippen molar-refractivity contribution >= 4 is 11.7 Å². The topological polar surface area (TPSA) is 38.3 Å². The van der Waals surface area contributed by atoms with Crippen molar-refractivity contribution in [2.45, 2.75) is 25.6 Å². The van der Waals surface area contributed by atoms with E-state index in [1.807, 2.05) is 24.3 Å². The van der Waals surface area contributed by atoms with Crippen molar-refractivity contribution in [1.29, 1.82) is 0 Å². The van der Waals surface area contributed by atoms with Crippen LogP contribution >= 0.6 is 0 Å². The van der Waals surface area contributed by atoms with Crippen LogP contribution in [0.25, 0.3) is 0 Å². The largest absolute Gasteiger partial charge is 0.469 e. The van der Waals surface area contributed by atoms with Crippen molar-refractivity contribution in [1.82, 2.24) is 0 Å². The molecule has 0 atom stereocenters. The molecule has 0 heterocycles. The van der Waals surface area contributed by atoms with Crippen LogP contribution < -0.4 is 5.32 Å². The van der Waals surface area contributed by atoms with E-state index < -0.39 is 11.7 Å². The zero-order chi connectivity index (χ0) is 17.6. The smallest absolute Gasteiger partial charge is 0.416 e. The first-order valence-electron chi connectivity index (χ1n) is 7.44. The molecular weight excluding hydrogens is 319 g/mol. The molecule has 1 N–H and O–H groups in total. The molecule has 0 saturated carbocycles. The highest BCUT2D eigenvalue weighted by Crippen LogP contribution is 2.29. The van der Waals surface area contributed by atoms with Crippen molar-refractivity contribution in [2.24, 2.45) is 0 Å². The number of halogens is 3. The summed E-state index contributed by atoms with van der Waals surface area (Å²) >= 11 is 0. The number of esters is 1. The minimum Gasteiger partial charge on any atom is -0.469 e. The average molecular weight is 337 g/mol. The lowest BCUT2D eigenvalue weighted by Crippen LogP contribution is -2.07. The Morgan fingerprint density at radius 1 is 1.08 bits per heavy atom. The molecule has 0 saturated heterocycles. The summed E-state index contributed by atoms with van der Waals surface area (Å²) < 4.78 is 42.6. The van der Waals surface area contributed by atoms with Gasteiger partial charge in [0.15, 0.2) is 0 Å². The van der Waals surface area contributed by atoms with Crippen molar-refractivity contribution in [3.05, 3.63) is 65.2 Å². The van der Waals surface area contributed by atoms with E-state index in [9.17, 15) is 18.0 Å². The molecule has 0 aromatic heterocycles. The normalized spacial score (nSPS) is 11.2. The highest BCUT2D eigenvalue weighted by molar-refractivity contribution is 5.69. The Bertz CT molecular complexity index is 681. The summed E-state index contributed by atoms with van der Waals surface area (Å²) in [6, 6.07) is 12.6. The maximum Gasteiger partial charge on any atom is 0.416 e. The monoisotopic (exact) mass is 337 g/mol. The number of alkyl halides is 3. The summed E-state index contributed by atoms with van der Waals surface area (Å²) in [4.78, 5) is 11.1. The summed E-state index contributed by atoms with van der Waals surface area (Å²) in [5.41, 5.74) is 1.69. The number of aryl methyl sites for hydroxylation is 1. The lowest BCUT2D eigenvalue weighted by Gasteiger charge is -2.10. The summed E-state index contributed by atoms with van der Waals surface area (Å²) in [5.74, 6) is -0.262. The van der Waals surface area contributed by atoms with Crippen LogP contribution in [0.5, 0.6) is 0 Å². The van der Waals surface area contributed by atoms with Gasteiger partial charge in [-0.15, -0.1) is 0 Å². The number of rotatable bonds is 6. The molecule has 0 fully saturated rings. The van der Waals surface area contributed by atoms with Crippen LogP contribution in [0.2, 0.25) is 0 Å². The van der Waals surface area contributed by atoms with E-state index in [-0.39, 0.29) is 5.97 Å². The van der Waals surface area contributed by atoms with E-state index in [0.717, 1.165) is 23.4 Å².